The van der Waals surface area contributed by atoms with Crippen LogP contribution in [0.4, 0.5) is 22.9 Å². The number of amidine groups is 1. The predicted octanol–water partition coefficient (Wildman–Crippen LogP) is 2.03. The molecule has 0 unspecified atom stereocenters. The molecule has 1 aromatic heterocycles. The minimum absolute atomic E-state index is 0.0552. The molecule has 2 saturated heterocycles. The molecule has 0 bridgehead atoms. The van der Waals surface area contributed by atoms with E-state index in [1.807, 2.05) is 12.3 Å². The van der Waals surface area contributed by atoms with Gasteiger partial charge in [0, 0.05) is 37.6 Å². The number of benzene rings is 1. The van der Waals surface area contributed by atoms with Gasteiger partial charge in [-0.25, -0.2) is 14.8 Å². The summed E-state index contributed by atoms with van der Waals surface area (Å²) in [5, 5.41) is 9.37. The van der Waals surface area contributed by atoms with Gasteiger partial charge in [0.2, 0.25) is 0 Å². The van der Waals surface area contributed by atoms with Crippen molar-refractivity contribution < 1.29 is 14.6 Å². The van der Waals surface area contributed by atoms with Gasteiger partial charge in [0.25, 0.3) is 0 Å². The number of nitrogens with two attached hydrogens (primary N) is 1. The number of aliphatic carboxylic acids is 1. The van der Waals surface area contributed by atoms with E-state index >= 15 is 0 Å². The van der Waals surface area contributed by atoms with Gasteiger partial charge in [-0.05, 0) is 31.9 Å². The Morgan fingerprint density at radius 2 is 2.08 bits per heavy atom. The van der Waals surface area contributed by atoms with Crippen molar-refractivity contribution in [1.29, 1.82) is 0 Å². The largest absolute Gasteiger partial charge is 0.480 e. The first-order valence-electron chi connectivity index (χ1n) is 12.7. The van der Waals surface area contributed by atoms with Crippen LogP contribution in [0.5, 0.6) is 0 Å². The molecule has 2 atom stereocenters. The van der Waals surface area contributed by atoms with Gasteiger partial charge in [-0.1, -0.05) is 6.07 Å². The highest BCUT2D eigenvalue weighted by atomic mass is 16.5. The highest BCUT2D eigenvalue weighted by molar-refractivity contribution is 6.12. The molecule has 0 radical (unpaired) electrons. The number of hydrogen-bond acceptors (Lipinski definition) is 9. The lowest BCUT2D eigenvalue weighted by atomic mass is 9.73. The van der Waals surface area contributed by atoms with Gasteiger partial charge in [-0.3, -0.25) is 9.79 Å². The van der Waals surface area contributed by atoms with E-state index in [1.165, 1.54) is 0 Å². The standard InChI is InChI=1S/C26H30N8O3/c1-16-24(27)26(15-37-16)5-7-32(8-6-26)21-13-29-23-18(31-21)12-30-25(23)34-10-9-33(14-22(35)36)20-11-17(28-2)3-4-19(20)34/h3-4,11,13,16,24H,5-10,12,14-15,27H2,1H3,(H,35,36)/t16-,24+/m0/s1. The van der Waals surface area contributed by atoms with Crippen LogP contribution in [0.2, 0.25) is 0 Å². The Labute approximate surface area is 215 Å². The Bertz CT molecular complexity index is 1310. The number of carbonyl (C=O) groups is 1. The molecule has 0 amide bonds. The lowest BCUT2D eigenvalue weighted by Gasteiger charge is -2.41. The first-order chi connectivity index (χ1) is 17.9. The minimum atomic E-state index is -0.907. The van der Waals surface area contributed by atoms with Crippen LogP contribution in [0.15, 0.2) is 29.4 Å². The maximum atomic E-state index is 11.4. The fraction of sp³-hybridized carbons (Fsp3) is 0.500. The van der Waals surface area contributed by atoms with Crippen molar-refractivity contribution in [2.45, 2.75) is 38.5 Å². The summed E-state index contributed by atoms with van der Waals surface area (Å²) in [4.78, 5) is 35.6. The summed E-state index contributed by atoms with van der Waals surface area (Å²) >= 11 is 0. The second-order valence-electron chi connectivity index (χ2n) is 10.3. The summed E-state index contributed by atoms with van der Waals surface area (Å²) < 4.78 is 5.85. The molecule has 0 aliphatic carbocycles. The topological polar surface area (TPSA) is 125 Å². The molecule has 2 aromatic rings. The van der Waals surface area contributed by atoms with Gasteiger partial charge in [0.1, 0.15) is 18.1 Å². The molecule has 37 heavy (non-hydrogen) atoms. The first kappa shape index (κ1) is 23.6. The minimum Gasteiger partial charge on any atom is -0.480 e. The Morgan fingerprint density at radius 3 is 2.78 bits per heavy atom. The molecule has 3 N–H and O–H groups in total. The molecule has 11 heteroatoms. The Kier molecular flexibility index (Phi) is 5.73. The highest BCUT2D eigenvalue weighted by Crippen LogP contribution is 2.42. The number of piperidine rings is 1. The number of nitrogens with zero attached hydrogens (tertiary/aromatic N) is 7. The Balaban J connectivity index is 1.22. The molecular formula is C26H30N8O3. The fourth-order valence-corrected chi connectivity index (χ4v) is 6.03. The summed E-state index contributed by atoms with van der Waals surface area (Å²) in [6.45, 7) is 13.3. The van der Waals surface area contributed by atoms with Crippen molar-refractivity contribution in [2.24, 2.45) is 16.1 Å². The van der Waals surface area contributed by atoms with Crippen LogP contribution in [-0.4, -0.2) is 78.4 Å². The van der Waals surface area contributed by atoms with E-state index in [1.54, 1.807) is 17.0 Å². The van der Waals surface area contributed by atoms with Crippen LogP contribution in [0.1, 0.15) is 31.2 Å². The number of anilines is 3. The zero-order valence-electron chi connectivity index (χ0n) is 20.8. The van der Waals surface area contributed by atoms with Gasteiger partial charge in [0.15, 0.2) is 11.5 Å². The molecule has 0 saturated carbocycles. The lowest BCUT2D eigenvalue weighted by molar-refractivity contribution is -0.135. The van der Waals surface area contributed by atoms with Crippen molar-refractivity contribution >= 4 is 34.7 Å². The number of rotatable bonds is 3. The summed E-state index contributed by atoms with van der Waals surface area (Å²) in [7, 11) is 0. The smallest absolute Gasteiger partial charge is 0.323 e. The van der Waals surface area contributed by atoms with Gasteiger partial charge in [-0.15, -0.1) is 0 Å². The van der Waals surface area contributed by atoms with Gasteiger partial charge in [-0.2, -0.15) is 0 Å². The second kappa shape index (κ2) is 8.97. The van der Waals surface area contributed by atoms with Gasteiger partial charge < -0.3 is 30.3 Å². The number of aromatic nitrogens is 2. The molecule has 1 spiro atoms. The lowest BCUT2D eigenvalue weighted by Crippen LogP contribution is -2.50. The van der Waals surface area contributed by atoms with Crippen LogP contribution < -0.4 is 20.4 Å². The van der Waals surface area contributed by atoms with E-state index in [0.717, 1.165) is 61.3 Å². The van der Waals surface area contributed by atoms with E-state index in [0.29, 0.717) is 31.0 Å². The normalized spacial score (nSPS) is 24.0. The maximum Gasteiger partial charge on any atom is 0.323 e. The molecular weight excluding hydrogens is 472 g/mol. The Morgan fingerprint density at radius 1 is 1.27 bits per heavy atom. The third-order valence-electron chi connectivity index (χ3n) is 8.25. The molecule has 6 rings (SSSR count). The summed E-state index contributed by atoms with van der Waals surface area (Å²) in [5.41, 5.74) is 10.1. The van der Waals surface area contributed by atoms with Crippen LogP contribution >= 0.6 is 0 Å². The van der Waals surface area contributed by atoms with Crippen molar-refractivity contribution in [3.8, 4) is 0 Å². The number of hydrogen-bond donors (Lipinski definition) is 2. The average molecular weight is 503 g/mol. The summed E-state index contributed by atoms with van der Waals surface area (Å²) in [5.74, 6) is 0.690. The number of carboxylic acids is 1. The van der Waals surface area contributed by atoms with Crippen molar-refractivity contribution in [3.05, 3.63) is 47.2 Å². The SMILES string of the molecule is [C-]#[N+]c1ccc2c(c1)N(CC(=O)O)CCN2C1=NCc2nc(N3CCC4(CC3)CO[C@@H](C)[C@H]4N)cnc21. The summed E-state index contributed by atoms with van der Waals surface area (Å²) in [6, 6.07) is 5.43. The zero-order valence-corrected chi connectivity index (χ0v) is 20.8. The molecule has 5 heterocycles. The number of ether oxygens (including phenoxy) is 1. The van der Waals surface area contributed by atoms with Crippen LogP contribution in [0, 0.1) is 12.0 Å². The third kappa shape index (κ3) is 3.97. The molecule has 1 aromatic carbocycles. The molecule has 4 aliphatic rings. The molecule has 192 valence electrons. The number of carboxylic acid groups (broad SMARTS) is 1. The van der Waals surface area contributed by atoms with E-state index < -0.39 is 5.97 Å². The van der Waals surface area contributed by atoms with E-state index in [2.05, 4.69) is 21.6 Å². The number of fused-ring (bicyclic) bond motifs is 2. The Hall–Kier alpha value is -3.75. The second-order valence-corrected chi connectivity index (χ2v) is 10.3. The maximum absolute atomic E-state index is 11.4. The first-order valence-corrected chi connectivity index (χ1v) is 12.7. The van der Waals surface area contributed by atoms with Crippen LogP contribution in [-0.2, 0) is 16.1 Å². The summed E-state index contributed by atoms with van der Waals surface area (Å²) in [6.07, 6.45) is 3.88. The van der Waals surface area contributed by atoms with E-state index in [4.69, 9.17) is 32.0 Å². The van der Waals surface area contributed by atoms with Crippen molar-refractivity contribution in [2.75, 3.05) is 54.0 Å². The molecule has 2 fully saturated rings. The molecule has 11 nitrogen and oxygen atoms in total. The zero-order chi connectivity index (χ0) is 25.7. The van der Waals surface area contributed by atoms with Crippen molar-refractivity contribution in [3.63, 3.8) is 0 Å². The fourth-order valence-electron chi connectivity index (χ4n) is 6.03. The monoisotopic (exact) mass is 502 g/mol. The van der Waals surface area contributed by atoms with E-state index in [-0.39, 0.29) is 24.1 Å². The van der Waals surface area contributed by atoms with Gasteiger partial charge in [0.05, 0.1) is 49.1 Å². The third-order valence-corrected chi connectivity index (χ3v) is 8.25. The van der Waals surface area contributed by atoms with E-state index in [9.17, 15) is 9.90 Å². The predicted molar refractivity (Wildman–Crippen MR) is 139 cm³/mol. The van der Waals surface area contributed by atoms with Crippen LogP contribution in [0.3, 0.4) is 0 Å². The quantitative estimate of drug-likeness (QED) is 0.607. The molecule has 4 aliphatic heterocycles. The number of aliphatic imine (C=N–C) groups is 1. The average Bonchev–Trinajstić information content (AvgIpc) is 3.45. The van der Waals surface area contributed by atoms with Crippen LogP contribution in [0.25, 0.3) is 4.85 Å². The highest BCUT2D eigenvalue weighted by Gasteiger charge is 2.47. The van der Waals surface area contributed by atoms with Gasteiger partial charge >= 0.3 is 5.97 Å². The van der Waals surface area contributed by atoms with Crippen molar-refractivity contribution in [1.82, 2.24) is 9.97 Å².